The second-order valence-electron chi connectivity index (χ2n) is 4.85. The molecule has 0 radical (unpaired) electrons. The molecule has 20 heavy (non-hydrogen) atoms. The number of aliphatic hydroxyl groups excluding tert-OH is 1. The number of aliphatic hydroxyl groups is 1. The van der Waals surface area contributed by atoms with Crippen molar-refractivity contribution in [2.24, 2.45) is 5.92 Å². The number of methoxy groups -OCH3 is 1. The third-order valence-electron chi connectivity index (χ3n) is 3.16. The van der Waals surface area contributed by atoms with Crippen LogP contribution in [0.25, 0.3) is 0 Å². The molecule has 2 N–H and O–H groups in total. The fourth-order valence-corrected chi connectivity index (χ4v) is 1.97. The second-order valence-corrected chi connectivity index (χ2v) is 5.29. The van der Waals surface area contributed by atoms with Gasteiger partial charge in [-0.05, 0) is 30.5 Å². The van der Waals surface area contributed by atoms with Gasteiger partial charge in [-0.15, -0.1) is 0 Å². The van der Waals surface area contributed by atoms with Gasteiger partial charge in [-0.25, -0.2) is 0 Å². The molecule has 1 rings (SSSR count). The van der Waals surface area contributed by atoms with Gasteiger partial charge in [0.25, 0.3) is 0 Å². The van der Waals surface area contributed by atoms with Crippen LogP contribution in [0.15, 0.2) is 24.3 Å². The number of nitrogens with one attached hydrogen (secondary N) is 1. The van der Waals surface area contributed by atoms with E-state index in [4.69, 9.17) is 16.3 Å². The quantitative estimate of drug-likeness (QED) is 0.725. The predicted molar refractivity (Wildman–Crippen MR) is 79.7 cm³/mol. The van der Waals surface area contributed by atoms with Gasteiger partial charge in [0.15, 0.2) is 0 Å². The van der Waals surface area contributed by atoms with Gasteiger partial charge in [-0.2, -0.15) is 0 Å². The fraction of sp³-hybridized carbons (Fsp3) is 0.533. The summed E-state index contributed by atoms with van der Waals surface area (Å²) in [4.78, 5) is 11.8. The van der Waals surface area contributed by atoms with Crippen molar-refractivity contribution in [3.8, 4) is 0 Å². The van der Waals surface area contributed by atoms with Crippen molar-refractivity contribution in [1.29, 1.82) is 0 Å². The molecule has 0 aromatic heterocycles. The van der Waals surface area contributed by atoms with Crippen LogP contribution in [-0.4, -0.2) is 31.3 Å². The highest BCUT2D eigenvalue weighted by atomic mass is 35.5. The smallest absolute Gasteiger partial charge is 0.222 e. The summed E-state index contributed by atoms with van der Waals surface area (Å²) in [5.74, 6) is -0.128. The lowest BCUT2D eigenvalue weighted by Gasteiger charge is -2.15. The third kappa shape index (κ3) is 5.90. The molecule has 2 unspecified atom stereocenters. The number of halogens is 1. The number of carbonyl (C=O) groups is 1. The minimum atomic E-state index is -0.720. The highest BCUT2D eigenvalue weighted by Gasteiger charge is 2.14. The Morgan fingerprint density at radius 2 is 2.05 bits per heavy atom. The molecule has 0 saturated heterocycles. The van der Waals surface area contributed by atoms with Crippen LogP contribution in [0.3, 0.4) is 0 Å². The molecular formula is C15H22ClNO3. The Balaban J connectivity index is 2.34. The van der Waals surface area contributed by atoms with Gasteiger partial charge in [-0.3, -0.25) is 4.79 Å². The summed E-state index contributed by atoms with van der Waals surface area (Å²) >= 11 is 5.78. The average Bonchev–Trinajstić information content (AvgIpc) is 2.45. The van der Waals surface area contributed by atoms with Gasteiger partial charge in [0.1, 0.15) is 0 Å². The van der Waals surface area contributed by atoms with Crippen molar-refractivity contribution >= 4 is 17.5 Å². The van der Waals surface area contributed by atoms with Crippen LogP contribution < -0.4 is 5.32 Å². The van der Waals surface area contributed by atoms with E-state index >= 15 is 0 Å². The first-order chi connectivity index (χ1) is 9.54. The number of carbonyl (C=O) groups excluding carboxylic acids is 1. The predicted octanol–water partition coefficient (Wildman–Crippen LogP) is 2.55. The molecule has 0 spiro atoms. The summed E-state index contributed by atoms with van der Waals surface area (Å²) in [6.07, 6.45) is 0.907. The van der Waals surface area contributed by atoms with Crippen LogP contribution >= 0.6 is 11.6 Å². The third-order valence-corrected chi connectivity index (χ3v) is 3.41. The zero-order chi connectivity index (χ0) is 15.0. The van der Waals surface area contributed by atoms with Crippen LogP contribution in [0.5, 0.6) is 0 Å². The minimum Gasteiger partial charge on any atom is -0.387 e. The van der Waals surface area contributed by atoms with Crippen LogP contribution in [0, 0.1) is 5.92 Å². The van der Waals surface area contributed by atoms with Gasteiger partial charge in [0.05, 0.1) is 6.10 Å². The minimum absolute atomic E-state index is 0.0471. The standard InChI is InChI=1S/C15H22ClNO3/c1-11(4-3-9-20-2)15(19)17-10-14(18)12-5-7-13(16)8-6-12/h5-8,11,14,18H,3-4,9-10H2,1-2H3,(H,17,19). The Hall–Kier alpha value is -1.10. The van der Waals surface area contributed by atoms with Crippen LogP contribution in [0.4, 0.5) is 0 Å². The largest absolute Gasteiger partial charge is 0.387 e. The Morgan fingerprint density at radius 1 is 1.40 bits per heavy atom. The Morgan fingerprint density at radius 3 is 2.65 bits per heavy atom. The zero-order valence-corrected chi connectivity index (χ0v) is 12.7. The molecule has 1 amide bonds. The van der Waals surface area contributed by atoms with E-state index in [2.05, 4.69) is 5.32 Å². The summed E-state index contributed by atoms with van der Waals surface area (Å²) in [6.45, 7) is 2.74. The molecule has 0 bridgehead atoms. The summed E-state index contributed by atoms with van der Waals surface area (Å²) in [5.41, 5.74) is 0.738. The molecule has 4 nitrogen and oxygen atoms in total. The summed E-state index contributed by atoms with van der Waals surface area (Å²) in [6, 6.07) is 6.94. The number of rotatable bonds is 8. The molecule has 0 aliphatic heterocycles. The lowest BCUT2D eigenvalue weighted by molar-refractivity contribution is -0.125. The van der Waals surface area contributed by atoms with Gasteiger partial charge >= 0.3 is 0 Å². The van der Waals surface area contributed by atoms with Crippen molar-refractivity contribution in [2.75, 3.05) is 20.3 Å². The number of benzene rings is 1. The maximum absolute atomic E-state index is 11.8. The molecule has 5 heteroatoms. The number of hydrogen-bond donors (Lipinski definition) is 2. The van der Waals surface area contributed by atoms with Gasteiger partial charge in [-0.1, -0.05) is 30.7 Å². The van der Waals surface area contributed by atoms with Gasteiger partial charge < -0.3 is 15.2 Å². The first kappa shape index (κ1) is 17.0. The topological polar surface area (TPSA) is 58.6 Å². The van der Waals surface area contributed by atoms with Crippen molar-refractivity contribution in [1.82, 2.24) is 5.32 Å². The van der Waals surface area contributed by atoms with Crippen molar-refractivity contribution < 1.29 is 14.6 Å². The van der Waals surface area contributed by atoms with E-state index < -0.39 is 6.10 Å². The molecule has 112 valence electrons. The maximum Gasteiger partial charge on any atom is 0.222 e. The van der Waals surface area contributed by atoms with Gasteiger partial charge in [0, 0.05) is 31.2 Å². The summed E-state index contributed by atoms with van der Waals surface area (Å²) in [5, 5.41) is 13.4. The van der Waals surface area contributed by atoms with Crippen LogP contribution in [0.2, 0.25) is 5.02 Å². The SMILES string of the molecule is COCCCC(C)C(=O)NCC(O)c1ccc(Cl)cc1. The summed E-state index contributed by atoms with van der Waals surface area (Å²) in [7, 11) is 1.65. The highest BCUT2D eigenvalue weighted by Crippen LogP contribution is 2.16. The molecule has 0 fully saturated rings. The van der Waals surface area contributed by atoms with E-state index in [0.29, 0.717) is 11.6 Å². The molecule has 1 aromatic rings. The Labute approximate surface area is 125 Å². The molecule has 0 heterocycles. The van der Waals surface area contributed by atoms with Crippen LogP contribution in [-0.2, 0) is 9.53 Å². The average molecular weight is 300 g/mol. The van der Waals surface area contributed by atoms with Crippen molar-refractivity contribution in [3.63, 3.8) is 0 Å². The molecule has 0 aliphatic carbocycles. The molecule has 0 saturated carbocycles. The van der Waals surface area contributed by atoms with Crippen molar-refractivity contribution in [3.05, 3.63) is 34.9 Å². The molecule has 1 aromatic carbocycles. The first-order valence-electron chi connectivity index (χ1n) is 6.74. The van der Waals surface area contributed by atoms with E-state index in [1.54, 1.807) is 31.4 Å². The first-order valence-corrected chi connectivity index (χ1v) is 7.12. The van der Waals surface area contributed by atoms with E-state index in [0.717, 1.165) is 18.4 Å². The second kappa shape index (κ2) is 8.95. The lowest BCUT2D eigenvalue weighted by Crippen LogP contribution is -2.32. The van der Waals surface area contributed by atoms with Crippen LogP contribution in [0.1, 0.15) is 31.4 Å². The van der Waals surface area contributed by atoms with E-state index in [9.17, 15) is 9.90 Å². The number of ether oxygens (including phenoxy) is 1. The molecular weight excluding hydrogens is 278 g/mol. The lowest BCUT2D eigenvalue weighted by atomic mass is 10.0. The normalized spacial score (nSPS) is 13.8. The Kier molecular flexibility index (Phi) is 7.59. The fourth-order valence-electron chi connectivity index (χ4n) is 1.84. The Bertz CT molecular complexity index is 408. The molecule has 0 aliphatic rings. The van der Waals surface area contributed by atoms with E-state index in [1.165, 1.54) is 0 Å². The van der Waals surface area contributed by atoms with E-state index in [1.807, 2.05) is 6.92 Å². The number of hydrogen-bond acceptors (Lipinski definition) is 3. The van der Waals surface area contributed by atoms with Crippen molar-refractivity contribution in [2.45, 2.75) is 25.9 Å². The number of amides is 1. The monoisotopic (exact) mass is 299 g/mol. The zero-order valence-electron chi connectivity index (χ0n) is 11.9. The van der Waals surface area contributed by atoms with Gasteiger partial charge in [0.2, 0.25) is 5.91 Å². The molecule has 2 atom stereocenters. The maximum atomic E-state index is 11.8. The van der Waals surface area contributed by atoms with E-state index in [-0.39, 0.29) is 18.4 Å². The summed E-state index contributed by atoms with van der Waals surface area (Å²) < 4.78 is 4.96. The highest BCUT2D eigenvalue weighted by molar-refractivity contribution is 6.30.